The molecule has 0 saturated heterocycles. The van der Waals surface area contributed by atoms with Gasteiger partial charge in [-0.15, -0.1) is 0 Å². The quantitative estimate of drug-likeness (QED) is 0.716. The number of carboxylic acid groups (broad SMARTS) is 1. The van der Waals surface area contributed by atoms with Crippen LogP contribution in [-0.2, 0) is 4.79 Å². The van der Waals surface area contributed by atoms with Crippen molar-refractivity contribution >= 4 is 5.97 Å². The predicted molar refractivity (Wildman–Crippen MR) is 52.5 cm³/mol. The summed E-state index contributed by atoms with van der Waals surface area (Å²) in [6, 6.07) is 0. The van der Waals surface area contributed by atoms with E-state index in [0.29, 0.717) is 5.92 Å². The topological polar surface area (TPSA) is 37.3 Å². The number of hydrogen-bond donors (Lipinski definition) is 1. The number of carbonyl (C=O) groups is 1. The molecule has 0 aromatic heterocycles. The van der Waals surface area contributed by atoms with Crippen LogP contribution in [0.25, 0.3) is 0 Å². The van der Waals surface area contributed by atoms with Gasteiger partial charge in [-0.25, -0.2) is 0 Å². The lowest BCUT2D eigenvalue weighted by Crippen LogP contribution is -2.36. The first-order chi connectivity index (χ1) is 5.97. The average molecular weight is 184 g/mol. The van der Waals surface area contributed by atoms with Gasteiger partial charge in [-0.1, -0.05) is 27.2 Å². The molecule has 0 spiro atoms. The third-order valence-corrected chi connectivity index (χ3v) is 3.58. The molecule has 0 aliphatic heterocycles. The van der Waals surface area contributed by atoms with E-state index in [1.54, 1.807) is 0 Å². The molecule has 76 valence electrons. The van der Waals surface area contributed by atoms with Crippen LogP contribution in [0.2, 0.25) is 0 Å². The van der Waals surface area contributed by atoms with E-state index in [-0.39, 0.29) is 11.3 Å². The van der Waals surface area contributed by atoms with Gasteiger partial charge in [0.25, 0.3) is 0 Å². The molecule has 2 atom stereocenters. The molecule has 1 fully saturated rings. The molecule has 2 heteroatoms. The minimum atomic E-state index is -0.608. The third-order valence-electron chi connectivity index (χ3n) is 3.58. The van der Waals surface area contributed by atoms with E-state index < -0.39 is 5.97 Å². The van der Waals surface area contributed by atoms with Crippen LogP contribution >= 0.6 is 0 Å². The number of aliphatic carboxylic acids is 1. The molecule has 0 heterocycles. The Morgan fingerprint density at radius 1 is 1.54 bits per heavy atom. The number of rotatable bonds is 2. The van der Waals surface area contributed by atoms with E-state index in [4.69, 9.17) is 5.11 Å². The van der Waals surface area contributed by atoms with Crippen molar-refractivity contribution < 1.29 is 9.90 Å². The van der Waals surface area contributed by atoms with Gasteiger partial charge in [-0.2, -0.15) is 0 Å². The zero-order chi connectivity index (χ0) is 10.1. The first-order valence-electron chi connectivity index (χ1n) is 5.20. The van der Waals surface area contributed by atoms with Gasteiger partial charge in [-0.3, -0.25) is 4.79 Å². The maximum atomic E-state index is 11.0. The Morgan fingerprint density at radius 2 is 2.15 bits per heavy atom. The second kappa shape index (κ2) is 3.69. The second-order valence-corrected chi connectivity index (χ2v) is 4.93. The van der Waals surface area contributed by atoms with Gasteiger partial charge in [0, 0.05) is 0 Å². The molecule has 0 aromatic carbocycles. The van der Waals surface area contributed by atoms with E-state index in [1.165, 1.54) is 6.42 Å². The Morgan fingerprint density at radius 3 is 2.62 bits per heavy atom. The summed E-state index contributed by atoms with van der Waals surface area (Å²) in [7, 11) is 0. The zero-order valence-corrected chi connectivity index (χ0v) is 8.84. The molecule has 1 saturated carbocycles. The fourth-order valence-corrected chi connectivity index (χ4v) is 2.33. The summed E-state index contributed by atoms with van der Waals surface area (Å²) < 4.78 is 0. The van der Waals surface area contributed by atoms with Crippen molar-refractivity contribution in [1.29, 1.82) is 0 Å². The fourth-order valence-electron chi connectivity index (χ4n) is 2.33. The van der Waals surface area contributed by atoms with Crippen molar-refractivity contribution in [3.8, 4) is 0 Å². The van der Waals surface area contributed by atoms with Crippen LogP contribution < -0.4 is 0 Å². The van der Waals surface area contributed by atoms with Crippen LogP contribution in [0.15, 0.2) is 0 Å². The lowest BCUT2D eigenvalue weighted by atomic mass is 9.65. The van der Waals surface area contributed by atoms with Gasteiger partial charge in [0.2, 0.25) is 0 Å². The van der Waals surface area contributed by atoms with Gasteiger partial charge in [-0.05, 0) is 30.6 Å². The largest absolute Gasteiger partial charge is 0.481 e. The standard InChI is InChI=1S/C11H20O2/c1-4-8-5-6-11(2,3)9(7-8)10(12)13/h8-9H,4-7H2,1-3H3,(H,12,13). The molecule has 1 aliphatic rings. The van der Waals surface area contributed by atoms with E-state index in [9.17, 15) is 4.79 Å². The van der Waals surface area contributed by atoms with Gasteiger partial charge >= 0.3 is 5.97 Å². The molecule has 1 aliphatic carbocycles. The summed E-state index contributed by atoms with van der Waals surface area (Å²) in [6.45, 7) is 6.32. The van der Waals surface area contributed by atoms with Crippen LogP contribution in [0, 0.1) is 17.3 Å². The van der Waals surface area contributed by atoms with E-state index in [1.807, 2.05) is 0 Å². The van der Waals surface area contributed by atoms with Crippen molar-refractivity contribution in [2.45, 2.75) is 46.5 Å². The summed E-state index contributed by atoms with van der Waals surface area (Å²) in [5.74, 6) is -0.108. The summed E-state index contributed by atoms with van der Waals surface area (Å²) in [5.41, 5.74) is -0.00248. The zero-order valence-electron chi connectivity index (χ0n) is 8.84. The van der Waals surface area contributed by atoms with Crippen molar-refractivity contribution in [3.63, 3.8) is 0 Å². The lowest BCUT2D eigenvalue weighted by Gasteiger charge is -2.39. The van der Waals surface area contributed by atoms with Gasteiger partial charge in [0.1, 0.15) is 0 Å². The minimum absolute atomic E-state index is 0.00248. The Kier molecular flexibility index (Phi) is 2.99. The van der Waals surface area contributed by atoms with E-state index in [0.717, 1.165) is 19.3 Å². The molecule has 0 bridgehead atoms. The molecule has 0 radical (unpaired) electrons. The molecular weight excluding hydrogens is 164 g/mol. The smallest absolute Gasteiger partial charge is 0.307 e. The second-order valence-electron chi connectivity index (χ2n) is 4.93. The Labute approximate surface area is 80.3 Å². The van der Waals surface area contributed by atoms with Crippen molar-refractivity contribution in [2.24, 2.45) is 17.3 Å². The number of carboxylic acids is 1. The summed E-state index contributed by atoms with van der Waals surface area (Å²) >= 11 is 0. The summed E-state index contributed by atoms with van der Waals surface area (Å²) in [6.07, 6.45) is 4.26. The summed E-state index contributed by atoms with van der Waals surface area (Å²) in [5, 5.41) is 9.09. The Bertz CT molecular complexity index is 196. The van der Waals surface area contributed by atoms with Crippen LogP contribution in [-0.4, -0.2) is 11.1 Å². The predicted octanol–water partition coefficient (Wildman–Crippen LogP) is 2.92. The third kappa shape index (κ3) is 2.23. The van der Waals surface area contributed by atoms with Crippen molar-refractivity contribution in [1.82, 2.24) is 0 Å². The molecule has 1 rings (SSSR count). The van der Waals surface area contributed by atoms with Crippen LogP contribution in [0.4, 0.5) is 0 Å². The molecule has 2 unspecified atom stereocenters. The molecule has 0 aromatic rings. The first-order valence-corrected chi connectivity index (χ1v) is 5.20. The first kappa shape index (κ1) is 10.6. The summed E-state index contributed by atoms with van der Waals surface area (Å²) in [4.78, 5) is 11.0. The maximum absolute atomic E-state index is 11.0. The van der Waals surface area contributed by atoms with Crippen molar-refractivity contribution in [2.75, 3.05) is 0 Å². The SMILES string of the molecule is CCC1CCC(C)(C)C(C(=O)O)C1. The Balaban J connectivity index is 2.69. The van der Waals surface area contributed by atoms with Gasteiger partial charge in [0.15, 0.2) is 0 Å². The molecule has 2 nitrogen and oxygen atoms in total. The van der Waals surface area contributed by atoms with Gasteiger partial charge < -0.3 is 5.11 Å². The highest BCUT2D eigenvalue weighted by molar-refractivity contribution is 5.71. The number of hydrogen-bond acceptors (Lipinski definition) is 1. The molecule has 0 amide bonds. The van der Waals surface area contributed by atoms with Crippen LogP contribution in [0.1, 0.15) is 46.5 Å². The highest BCUT2D eigenvalue weighted by Gasteiger charge is 2.40. The highest BCUT2D eigenvalue weighted by Crippen LogP contribution is 2.43. The average Bonchev–Trinajstić information content (AvgIpc) is 2.03. The van der Waals surface area contributed by atoms with E-state index in [2.05, 4.69) is 20.8 Å². The highest BCUT2D eigenvalue weighted by atomic mass is 16.4. The minimum Gasteiger partial charge on any atom is -0.481 e. The monoisotopic (exact) mass is 184 g/mol. The van der Waals surface area contributed by atoms with Gasteiger partial charge in [0.05, 0.1) is 5.92 Å². The van der Waals surface area contributed by atoms with E-state index >= 15 is 0 Å². The Hall–Kier alpha value is -0.530. The normalized spacial score (nSPS) is 32.8. The van der Waals surface area contributed by atoms with Crippen LogP contribution in [0.3, 0.4) is 0 Å². The lowest BCUT2D eigenvalue weighted by molar-refractivity contribution is -0.148. The maximum Gasteiger partial charge on any atom is 0.307 e. The van der Waals surface area contributed by atoms with Crippen molar-refractivity contribution in [3.05, 3.63) is 0 Å². The molecule has 13 heavy (non-hydrogen) atoms. The fraction of sp³-hybridized carbons (Fsp3) is 0.909. The molecule has 1 N–H and O–H groups in total. The molecular formula is C11H20O2. The van der Waals surface area contributed by atoms with Crippen LogP contribution in [0.5, 0.6) is 0 Å².